The van der Waals surface area contributed by atoms with Gasteiger partial charge in [-0.15, -0.1) is 11.6 Å². The molecule has 8 atom stereocenters. The van der Waals surface area contributed by atoms with Crippen molar-refractivity contribution in [3.8, 4) is 0 Å². The average Bonchev–Trinajstić information content (AvgIpc) is 2.54. The molecule has 2 rings (SSSR count). The molecule has 7 N–H and O–H groups in total. The summed E-state index contributed by atoms with van der Waals surface area (Å²) in [7, 11) is 0. The standard InChI is InChI=1S/C14H21ClO8/c15-9-5(3-16)1-8(19)11(21)14(9)23-13-6(4-17)2-7(18)10(20)12(13)22/h1-2,7-14,16-22H,3-4H2/t7-,8+,9+,10-,11+,12-,13+,14-/m1/s1. The van der Waals surface area contributed by atoms with Gasteiger partial charge in [-0.1, -0.05) is 6.08 Å². The van der Waals surface area contributed by atoms with Crippen LogP contribution >= 0.6 is 11.6 Å². The predicted molar refractivity (Wildman–Crippen MR) is 78.7 cm³/mol. The minimum atomic E-state index is -1.56. The van der Waals surface area contributed by atoms with Gasteiger partial charge in [-0.2, -0.15) is 0 Å². The van der Waals surface area contributed by atoms with Crippen LogP contribution in [0.1, 0.15) is 0 Å². The molecule has 0 aromatic rings. The van der Waals surface area contributed by atoms with Crippen LogP contribution in [0, 0.1) is 0 Å². The molecule has 0 heterocycles. The lowest BCUT2D eigenvalue weighted by Gasteiger charge is -2.41. The van der Waals surface area contributed by atoms with Crippen LogP contribution in [0.2, 0.25) is 0 Å². The quantitative estimate of drug-likeness (QED) is 0.209. The van der Waals surface area contributed by atoms with Gasteiger partial charge in [-0.25, -0.2) is 0 Å². The Kier molecular flexibility index (Phi) is 6.17. The highest BCUT2D eigenvalue weighted by atomic mass is 35.5. The van der Waals surface area contributed by atoms with Crippen molar-refractivity contribution in [3.63, 3.8) is 0 Å². The first kappa shape index (κ1) is 18.8. The van der Waals surface area contributed by atoms with Crippen LogP contribution in [0.4, 0.5) is 0 Å². The Labute approximate surface area is 137 Å². The molecule has 2 aliphatic rings. The van der Waals surface area contributed by atoms with Crippen molar-refractivity contribution < 1.29 is 40.5 Å². The van der Waals surface area contributed by atoms with Crippen LogP contribution in [0.5, 0.6) is 0 Å². The van der Waals surface area contributed by atoms with Gasteiger partial charge in [0.15, 0.2) is 0 Å². The molecule has 0 fully saturated rings. The maximum atomic E-state index is 10.1. The van der Waals surface area contributed by atoms with Gasteiger partial charge in [0, 0.05) is 0 Å². The SMILES string of the molecule is OCC1=C[C@H](O)[C@H](O)[C@H](O[C@H]2C(CO)=C[C@@H](O)[C@@H](O)[C@H]2O)[C@H]1Cl. The maximum Gasteiger partial charge on any atom is 0.113 e. The Balaban J connectivity index is 2.25. The van der Waals surface area contributed by atoms with Crippen LogP contribution in [-0.2, 0) is 4.74 Å². The van der Waals surface area contributed by atoms with Gasteiger partial charge < -0.3 is 40.5 Å². The molecule has 9 heteroatoms. The third-order valence-electron chi connectivity index (χ3n) is 4.14. The molecule has 0 radical (unpaired) electrons. The van der Waals surface area contributed by atoms with Gasteiger partial charge in [0.2, 0.25) is 0 Å². The first-order chi connectivity index (χ1) is 10.8. The zero-order valence-corrected chi connectivity index (χ0v) is 12.9. The van der Waals surface area contributed by atoms with Gasteiger partial charge in [-0.05, 0) is 17.2 Å². The fourth-order valence-electron chi connectivity index (χ4n) is 2.77. The lowest BCUT2D eigenvalue weighted by molar-refractivity contribution is -0.160. The Morgan fingerprint density at radius 3 is 1.91 bits per heavy atom. The van der Waals surface area contributed by atoms with Crippen molar-refractivity contribution >= 4 is 11.6 Å². The van der Waals surface area contributed by atoms with E-state index in [1.165, 1.54) is 6.08 Å². The van der Waals surface area contributed by atoms with Crippen molar-refractivity contribution in [2.45, 2.75) is 48.1 Å². The molecule has 0 amide bonds. The van der Waals surface area contributed by atoms with Crippen LogP contribution in [0.3, 0.4) is 0 Å². The maximum absolute atomic E-state index is 10.1. The summed E-state index contributed by atoms with van der Waals surface area (Å²) >= 11 is 6.13. The summed E-state index contributed by atoms with van der Waals surface area (Å²) in [5.41, 5.74) is 0.357. The molecule has 0 aromatic heterocycles. The number of hydrogen-bond donors (Lipinski definition) is 7. The average molecular weight is 353 g/mol. The molecule has 0 saturated carbocycles. The van der Waals surface area contributed by atoms with E-state index in [1.54, 1.807) is 0 Å². The molecule has 132 valence electrons. The second kappa shape index (κ2) is 7.56. The Bertz CT molecular complexity index is 481. The second-order valence-electron chi connectivity index (χ2n) is 5.68. The number of aliphatic hydroxyl groups is 7. The lowest BCUT2D eigenvalue weighted by Crippen LogP contribution is -2.56. The minimum Gasteiger partial charge on any atom is -0.392 e. The summed E-state index contributed by atoms with van der Waals surface area (Å²) < 4.78 is 5.55. The summed E-state index contributed by atoms with van der Waals surface area (Å²) in [5.74, 6) is 0. The predicted octanol–water partition coefficient (Wildman–Crippen LogP) is -2.98. The molecule has 0 saturated heterocycles. The van der Waals surface area contributed by atoms with Crippen LogP contribution in [0.25, 0.3) is 0 Å². The van der Waals surface area contributed by atoms with E-state index in [0.717, 1.165) is 6.08 Å². The van der Waals surface area contributed by atoms with Crippen molar-refractivity contribution in [2.75, 3.05) is 13.2 Å². The summed E-state index contributed by atoms with van der Waals surface area (Å²) in [6.07, 6.45) is -7.27. The van der Waals surface area contributed by atoms with E-state index >= 15 is 0 Å². The van der Waals surface area contributed by atoms with Gasteiger partial charge in [0.25, 0.3) is 0 Å². The highest BCUT2D eigenvalue weighted by molar-refractivity contribution is 6.23. The second-order valence-corrected chi connectivity index (χ2v) is 6.15. The Morgan fingerprint density at radius 1 is 0.826 bits per heavy atom. The van der Waals surface area contributed by atoms with Gasteiger partial charge >= 0.3 is 0 Å². The molecule has 0 aromatic carbocycles. The van der Waals surface area contributed by atoms with E-state index < -0.39 is 61.3 Å². The number of aliphatic hydroxyl groups excluding tert-OH is 7. The summed E-state index contributed by atoms with van der Waals surface area (Å²) in [4.78, 5) is 0. The summed E-state index contributed by atoms with van der Waals surface area (Å²) in [5, 5.41) is 66.8. The third-order valence-corrected chi connectivity index (χ3v) is 4.67. The van der Waals surface area contributed by atoms with E-state index in [0.29, 0.717) is 0 Å². The first-order valence-electron chi connectivity index (χ1n) is 7.14. The van der Waals surface area contributed by atoms with Crippen molar-refractivity contribution in [1.82, 2.24) is 0 Å². The molecule has 0 unspecified atom stereocenters. The van der Waals surface area contributed by atoms with Crippen molar-refractivity contribution in [2.24, 2.45) is 0 Å². The summed E-state index contributed by atoms with van der Waals surface area (Å²) in [6.45, 7) is -0.998. The first-order valence-corrected chi connectivity index (χ1v) is 7.58. The number of rotatable bonds is 4. The molecule has 8 nitrogen and oxygen atoms in total. The minimum absolute atomic E-state index is 0.112. The Hall–Kier alpha value is -0.550. The molecule has 0 spiro atoms. The fourth-order valence-corrected chi connectivity index (χ4v) is 3.12. The molecule has 0 bridgehead atoms. The number of ether oxygens (including phenoxy) is 1. The topological polar surface area (TPSA) is 151 Å². The molecule has 0 aliphatic heterocycles. The Morgan fingerprint density at radius 2 is 1.35 bits per heavy atom. The highest BCUT2D eigenvalue weighted by Crippen LogP contribution is 2.31. The van der Waals surface area contributed by atoms with E-state index in [4.69, 9.17) is 16.3 Å². The fraction of sp³-hybridized carbons (Fsp3) is 0.714. The van der Waals surface area contributed by atoms with Gasteiger partial charge in [-0.3, -0.25) is 0 Å². The molecule has 23 heavy (non-hydrogen) atoms. The zero-order valence-electron chi connectivity index (χ0n) is 12.1. The van der Waals surface area contributed by atoms with E-state index in [2.05, 4.69) is 0 Å². The number of alkyl halides is 1. The lowest BCUT2D eigenvalue weighted by atomic mass is 9.88. The van der Waals surface area contributed by atoms with E-state index in [1.807, 2.05) is 0 Å². The zero-order chi connectivity index (χ0) is 17.3. The smallest absolute Gasteiger partial charge is 0.113 e. The molecular formula is C14H21ClO8. The van der Waals surface area contributed by atoms with Crippen molar-refractivity contribution in [3.05, 3.63) is 23.3 Å². The monoisotopic (exact) mass is 352 g/mol. The normalized spacial score (nSPS) is 44.7. The summed E-state index contributed by atoms with van der Waals surface area (Å²) in [6, 6.07) is 0. The highest BCUT2D eigenvalue weighted by Gasteiger charge is 2.44. The van der Waals surface area contributed by atoms with Crippen molar-refractivity contribution in [1.29, 1.82) is 0 Å². The van der Waals surface area contributed by atoms with Crippen LogP contribution in [0.15, 0.2) is 23.3 Å². The van der Waals surface area contributed by atoms with Gasteiger partial charge in [0.05, 0.1) is 18.6 Å². The van der Waals surface area contributed by atoms with E-state index in [-0.39, 0.29) is 11.1 Å². The largest absolute Gasteiger partial charge is 0.392 e. The number of hydrogen-bond acceptors (Lipinski definition) is 8. The van der Waals surface area contributed by atoms with Crippen LogP contribution < -0.4 is 0 Å². The van der Waals surface area contributed by atoms with Crippen LogP contribution in [-0.4, -0.2) is 97.1 Å². The molecular weight excluding hydrogens is 332 g/mol. The number of halogens is 1. The van der Waals surface area contributed by atoms with E-state index in [9.17, 15) is 35.7 Å². The molecule has 2 aliphatic carbocycles. The van der Waals surface area contributed by atoms with Gasteiger partial charge in [0.1, 0.15) is 42.7 Å². The third kappa shape index (κ3) is 3.60.